The maximum atomic E-state index is 11.0. The van der Waals surface area contributed by atoms with Crippen LogP contribution in [0.1, 0.15) is 113 Å². The zero-order chi connectivity index (χ0) is 19.0. The normalized spacial score (nSPS) is 11.0. The van der Waals surface area contributed by atoms with Crippen LogP contribution < -0.4 is 0 Å². The second kappa shape index (κ2) is 14.6. The number of carbonyl (C=O) groups is 1. The number of aromatic hydroxyl groups is 1. The first-order valence-corrected chi connectivity index (χ1v) is 10.7. The molecule has 0 aliphatic heterocycles. The molecular formula is C23H38O3. The van der Waals surface area contributed by atoms with Crippen LogP contribution in [0, 0.1) is 0 Å². The van der Waals surface area contributed by atoms with E-state index in [9.17, 15) is 9.90 Å². The van der Waals surface area contributed by atoms with Crippen LogP contribution in [0.4, 0.5) is 0 Å². The van der Waals surface area contributed by atoms with Gasteiger partial charge in [0.05, 0.1) is 5.56 Å². The molecule has 0 atom stereocenters. The molecule has 0 unspecified atom stereocenters. The molecule has 3 nitrogen and oxygen atoms in total. The lowest BCUT2D eigenvalue weighted by Crippen LogP contribution is -1.98. The van der Waals surface area contributed by atoms with Crippen LogP contribution in [0.3, 0.4) is 0 Å². The van der Waals surface area contributed by atoms with Crippen LogP contribution >= 0.6 is 0 Å². The lowest BCUT2D eigenvalue weighted by molar-refractivity contribution is 0.0696. The number of hydrogen-bond acceptors (Lipinski definition) is 2. The largest absolute Gasteiger partial charge is 0.508 e. The van der Waals surface area contributed by atoms with E-state index in [-0.39, 0.29) is 11.3 Å². The second-order valence-corrected chi connectivity index (χ2v) is 7.49. The van der Waals surface area contributed by atoms with E-state index in [1.165, 1.54) is 89.2 Å². The van der Waals surface area contributed by atoms with Crippen LogP contribution in [0.5, 0.6) is 5.75 Å². The lowest BCUT2D eigenvalue weighted by atomic mass is 10.0. The predicted molar refractivity (Wildman–Crippen MR) is 109 cm³/mol. The van der Waals surface area contributed by atoms with E-state index in [1.807, 2.05) is 0 Å². The van der Waals surface area contributed by atoms with Gasteiger partial charge in [0, 0.05) is 0 Å². The molecule has 3 heteroatoms. The molecule has 26 heavy (non-hydrogen) atoms. The molecule has 0 radical (unpaired) electrons. The molecule has 0 aliphatic rings. The molecule has 0 bridgehead atoms. The molecule has 1 rings (SSSR count). The number of benzene rings is 1. The summed E-state index contributed by atoms with van der Waals surface area (Å²) in [4.78, 5) is 11.0. The Kier molecular flexibility index (Phi) is 12.7. The molecule has 0 heterocycles. The molecule has 0 amide bonds. The molecule has 1 aromatic carbocycles. The van der Waals surface area contributed by atoms with Crippen molar-refractivity contribution in [2.24, 2.45) is 0 Å². The first-order chi connectivity index (χ1) is 12.6. The lowest BCUT2D eigenvalue weighted by Gasteiger charge is -2.06. The number of aryl methyl sites for hydroxylation is 1. The van der Waals surface area contributed by atoms with E-state index >= 15 is 0 Å². The average molecular weight is 363 g/mol. The Hall–Kier alpha value is -1.51. The third kappa shape index (κ3) is 10.5. The Labute approximate surface area is 159 Å². The van der Waals surface area contributed by atoms with E-state index in [1.54, 1.807) is 6.07 Å². The first kappa shape index (κ1) is 22.5. The summed E-state index contributed by atoms with van der Waals surface area (Å²) in [5.74, 6) is -0.725. The molecule has 0 fully saturated rings. The third-order valence-corrected chi connectivity index (χ3v) is 5.13. The summed E-state index contributed by atoms with van der Waals surface area (Å²) < 4.78 is 0. The Bertz CT molecular complexity index is 496. The Morgan fingerprint density at radius 2 is 1.23 bits per heavy atom. The van der Waals surface area contributed by atoms with Crippen LogP contribution in [-0.2, 0) is 6.42 Å². The summed E-state index contributed by atoms with van der Waals surface area (Å²) in [5.41, 5.74) is 1.01. The summed E-state index contributed by atoms with van der Waals surface area (Å²) in [6.07, 6.45) is 19.3. The van der Waals surface area contributed by atoms with Crippen LogP contribution in [0.15, 0.2) is 18.2 Å². The van der Waals surface area contributed by atoms with E-state index in [2.05, 4.69) is 6.92 Å². The van der Waals surface area contributed by atoms with Gasteiger partial charge in [0.15, 0.2) is 0 Å². The SMILES string of the molecule is CCCCCCCCCCCCCCCCc1cc(C(=O)O)ccc1O. The van der Waals surface area contributed by atoms with Gasteiger partial charge < -0.3 is 10.2 Å². The van der Waals surface area contributed by atoms with E-state index in [0.717, 1.165) is 24.8 Å². The van der Waals surface area contributed by atoms with Gasteiger partial charge in [0.1, 0.15) is 5.75 Å². The highest BCUT2D eigenvalue weighted by Crippen LogP contribution is 2.21. The van der Waals surface area contributed by atoms with Gasteiger partial charge in [-0.15, -0.1) is 0 Å². The highest BCUT2D eigenvalue weighted by Gasteiger charge is 2.07. The number of rotatable bonds is 16. The number of phenols is 1. The van der Waals surface area contributed by atoms with Crippen molar-refractivity contribution in [3.05, 3.63) is 29.3 Å². The first-order valence-electron chi connectivity index (χ1n) is 10.7. The fourth-order valence-corrected chi connectivity index (χ4v) is 3.43. The van der Waals surface area contributed by atoms with E-state index < -0.39 is 5.97 Å². The van der Waals surface area contributed by atoms with Crippen molar-refractivity contribution in [3.63, 3.8) is 0 Å². The minimum atomic E-state index is -0.938. The Balaban J connectivity index is 1.95. The van der Waals surface area contributed by atoms with Gasteiger partial charge in [-0.3, -0.25) is 0 Å². The minimum absolute atomic E-state index is 0.213. The Morgan fingerprint density at radius 3 is 1.69 bits per heavy atom. The van der Waals surface area contributed by atoms with Crippen molar-refractivity contribution in [1.29, 1.82) is 0 Å². The van der Waals surface area contributed by atoms with Gasteiger partial charge in [-0.2, -0.15) is 0 Å². The fraction of sp³-hybridized carbons (Fsp3) is 0.696. The molecule has 0 saturated carbocycles. The summed E-state index contributed by atoms with van der Waals surface area (Å²) in [7, 11) is 0. The Morgan fingerprint density at radius 1 is 0.769 bits per heavy atom. The van der Waals surface area contributed by atoms with Crippen molar-refractivity contribution in [3.8, 4) is 5.75 Å². The van der Waals surface area contributed by atoms with Gasteiger partial charge in [-0.05, 0) is 36.6 Å². The molecular weight excluding hydrogens is 324 g/mol. The highest BCUT2D eigenvalue weighted by atomic mass is 16.4. The van der Waals surface area contributed by atoms with Gasteiger partial charge >= 0.3 is 5.97 Å². The average Bonchev–Trinajstić information content (AvgIpc) is 2.63. The van der Waals surface area contributed by atoms with Crippen molar-refractivity contribution in [1.82, 2.24) is 0 Å². The van der Waals surface area contributed by atoms with Crippen molar-refractivity contribution < 1.29 is 15.0 Å². The third-order valence-electron chi connectivity index (χ3n) is 5.13. The van der Waals surface area contributed by atoms with Gasteiger partial charge in [0.25, 0.3) is 0 Å². The molecule has 0 aliphatic carbocycles. The van der Waals surface area contributed by atoms with Gasteiger partial charge in [-0.1, -0.05) is 90.4 Å². The second-order valence-electron chi connectivity index (χ2n) is 7.49. The molecule has 0 saturated heterocycles. The molecule has 148 valence electrons. The van der Waals surface area contributed by atoms with Gasteiger partial charge in [-0.25, -0.2) is 4.79 Å². The minimum Gasteiger partial charge on any atom is -0.508 e. The summed E-state index contributed by atoms with van der Waals surface area (Å²) in [5, 5.41) is 18.8. The van der Waals surface area contributed by atoms with Crippen LogP contribution in [0.2, 0.25) is 0 Å². The zero-order valence-electron chi connectivity index (χ0n) is 16.6. The number of phenolic OH excluding ortho intramolecular Hbond substituents is 1. The molecule has 0 aromatic heterocycles. The maximum Gasteiger partial charge on any atom is 0.335 e. The number of hydrogen-bond donors (Lipinski definition) is 2. The number of carboxylic acid groups (broad SMARTS) is 1. The fourth-order valence-electron chi connectivity index (χ4n) is 3.43. The zero-order valence-corrected chi connectivity index (χ0v) is 16.6. The van der Waals surface area contributed by atoms with Crippen molar-refractivity contribution in [2.45, 2.75) is 103 Å². The summed E-state index contributed by atoms with van der Waals surface area (Å²) in [6.45, 7) is 2.26. The van der Waals surface area contributed by atoms with Gasteiger partial charge in [0.2, 0.25) is 0 Å². The van der Waals surface area contributed by atoms with Crippen LogP contribution in [-0.4, -0.2) is 16.2 Å². The highest BCUT2D eigenvalue weighted by molar-refractivity contribution is 5.88. The monoisotopic (exact) mass is 362 g/mol. The summed E-state index contributed by atoms with van der Waals surface area (Å²) in [6, 6.07) is 4.54. The molecule has 1 aromatic rings. The van der Waals surface area contributed by atoms with Crippen molar-refractivity contribution >= 4 is 5.97 Å². The number of aromatic carboxylic acids is 1. The smallest absolute Gasteiger partial charge is 0.335 e. The predicted octanol–water partition coefficient (Wildman–Crippen LogP) is 7.11. The van der Waals surface area contributed by atoms with Crippen LogP contribution in [0.25, 0.3) is 0 Å². The number of unbranched alkanes of at least 4 members (excludes halogenated alkanes) is 13. The topological polar surface area (TPSA) is 57.5 Å². The van der Waals surface area contributed by atoms with Crippen molar-refractivity contribution in [2.75, 3.05) is 0 Å². The maximum absolute atomic E-state index is 11.0. The summed E-state index contributed by atoms with van der Waals surface area (Å²) >= 11 is 0. The quantitative estimate of drug-likeness (QED) is 0.308. The van der Waals surface area contributed by atoms with E-state index in [0.29, 0.717) is 0 Å². The number of carboxylic acids is 1. The van der Waals surface area contributed by atoms with E-state index in [4.69, 9.17) is 5.11 Å². The standard InChI is InChI=1S/C23H38O3/c1-2-3-4-5-6-7-8-9-10-11-12-13-14-15-16-20-19-21(23(25)26)17-18-22(20)24/h17-19,24H,2-16H2,1H3,(H,25,26). The molecule has 0 spiro atoms. The molecule has 2 N–H and O–H groups in total.